The molecule has 4 rings (SSSR count). The summed E-state index contributed by atoms with van der Waals surface area (Å²) in [4.78, 5) is 0. The van der Waals surface area contributed by atoms with Gasteiger partial charge in [0.05, 0.1) is 0 Å². The average molecular weight is 459 g/mol. The van der Waals surface area contributed by atoms with Crippen molar-refractivity contribution in [3.8, 4) is 0 Å². The first-order chi connectivity index (χ1) is 12.0. The molecular formula is C24H23LiPr. The second kappa shape index (κ2) is 23.8. The topological polar surface area (TPSA) is 0 Å². The molecule has 0 amide bonds. The molecule has 26 heavy (non-hydrogen) atoms. The molecule has 0 fully saturated rings. The van der Waals surface area contributed by atoms with E-state index in [9.17, 15) is 0 Å². The van der Waals surface area contributed by atoms with E-state index < -0.39 is 0 Å². The minimum absolute atomic E-state index is 0. The van der Waals surface area contributed by atoms with Gasteiger partial charge in [-0.2, -0.15) is 36.4 Å². The zero-order valence-electron chi connectivity index (χ0n) is 15.4. The van der Waals surface area contributed by atoms with Gasteiger partial charge in [0.15, 0.2) is 0 Å². The molecule has 0 aliphatic rings. The number of rotatable bonds is 0. The van der Waals surface area contributed by atoms with Gasteiger partial charge < -0.3 is 0 Å². The molecule has 0 heterocycles. The minimum atomic E-state index is 0. The van der Waals surface area contributed by atoms with Crippen LogP contribution in [0.25, 0.3) is 0 Å². The van der Waals surface area contributed by atoms with Crippen molar-refractivity contribution in [2.24, 2.45) is 0 Å². The minimum Gasteiger partial charge on any atom is -0.184 e. The normalized spacial score (nSPS) is 7.38. The molecule has 0 unspecified atom stereocenters. The van der Waals surface area contributed by atoms with Gasteiger partial charge in [0.1, 0.15) is 0 Å². The number of hydrogen-bond acceptors (Lipinski definition) is 0. The largest absolute Gasteiger partial charge is 1.00 e. The van der Waals surface area contributed by atoms with Crippen LogP contribution >= 0.6 is 0 Å². The Bertz CT molecular complexity index is 426. The van der Waals surface area contributed by atoms with Crippen molar-refractivity contribution in [1.82, 2.24) is 0 Å². The Labute approximate surface area is 203 Å². The molecule has 1 radical (unpaired) electrons. The predicted octanol–water partition coefficient (Wildman–Crippen LogP) is 3.55. The van der Waals surface area contributed by atoms with E-state index in [1.165, 1.54) is 0 Å². The summed E-state index contributed by atoms with van der Waals surface area (Å²) in [5, 5.41) is 0. The molecule has 0 N–H and O–H groups in total. The third-order valence-corrected chi connectivity index (χ3v) is 2.61. The smallest absolute Gasteiger partial charge is 0.184 e. The van der Waals surface area contributed by atoms with Crippen LogP contribution in [-0.2, 0) is 0 Å². The van der Waals surface area contributed by atoms with Gasteiger partial charge in [-0.25, -0.2) is 0 Å². The molecule has 4 aromatic rings. The summed E-state index contributed by atoms with van der Waals surface area (Å²) in [5.74, 6) is 0. The van der Waals surface area contributed by atoms with Crippen LogP contribution in [0.15, 0.2) is 140 Å². The first-order valence-electron chi connectivity index (χ1n) is 7.91. The zero-order chi connectivity index (χ0) is 17.0. The number of hydrogen-bond donors (Lipinski definition) is 0. The zero-order valence-corrected chi connectivity index (χ0v) is 19.1. The second-order valence-corrected chi connectivity index (χ2v) is 4.54. The van der Waals surface area contributed by atoms with Crippen molar-refractivity contribution in [3.05, 3.63) is 146 Å². The van der Waals surface area contributed by atoms with Gasteiger partial charge in [0.25, 0.3) is 0 Å². The summed E-state index contributed by atoms with van der Waals surface area (Å²) in [7, 11) is 0. The Hall–Kier alpha value is -1.16. The van der Waals surface area contributed by atoms with Crippen LogP contribution in [0.5, 0.6) is 0 Å². The van der Waals surface area contributed by atoms with Gasteiger partial charge in [0.2, 0.25) is 0 Å². The van der Waals surface area contributed by atoms with Gasteiger partial charge in [0, 0.05) is 41.3 Å². The molecule has 123 valence electrons. The maximum Gasteiger partial charge on any atom is 1.00 e. The fourth-order valence-electron chi connectivity index (χ4n) is 1.50. The van der Waals surface area contributed by atoms with Crippen LogP contribution in [0.1, 0.15) is 0 Å². The molecule has 0 saturated carbocycles. The second-order valence-electron chi connectivity index (χ2n) is 4.54. The summed E-state index contributed by atoms with van der Waals surface area (Å²) < 4.78 is 0. The predicted molar refractivity (Wildman–Crippen MR) is 105 cm³/mol. The molecule has 0 atom stereocenters. The van der Waals surface area contributed by atoms with E-state index in [0.717, 1.165) is 0 Å². The van der Waals surface area contributed by atoms with Crippen LogP contribution in [0, 0.1) is 47.4 Å². The first kappa shape index (κ1) is 27.1. The number of benzene rings is 4. The Balaban J connectivity index is 0. The fraction of sp³-hybridized carbons (Fsp3) is 0. The average Bonchev–Trinajstić information content (AvgIpc) is 2.75. The van der Waals surface area contributed by atoms with E-state index in [1.807, 2.05) is 140 Å². The Morgan fingerprint density at radius 2 is 0.423 bits per heavy atom. The van der Waals surface area contributed by atoms with E-state index in [-0.39, 0.29) is 60.2 Å². The molecule has 0 aliphatic heterocycles. The first-order valence-corrected chi connectivity index (χ1v) is 7.91. The van der Waals surface area contributed by atoms with Crippen LogP contribution in [0.2, 0.25) is 0 Å². The van der Waals surface area contributed by atoms with Crippen LogP contribution in [0.3, 0.4) is 0 Å². The molecule has 0 nitrogen and oxygen atoms in total. The Kier molecular flexibility index (Phi) is 24.8. The monoisotopic (exact) mass is 459 g/mol. The van der Waals surface area contributed by atoms with Gasteiger partial charge >= 0.3 is 18.9 Å². The molecule has 0 saturated heterocycles. The molecule has 0 aliphatic carbocycles. The fourth-order valence-corrected chi connectivity index (χ4v) is 1.50. The summed E-state index contributed by atoms with van der Waals surface area (Å²) in [6, 6.07) is 48.5. The summed E-state index contributed by atoms with van der Waals surface area (Å²) in [6.07, 6.45) is 0. The maximum atomic E-state index is 2.89. The van der Waals surface area contributed by atoms with Crippen molar-refractivity contribution in [2.75, 3.05) is 0 Å². The molecular weight excluding hydrogens is 436 g/mol. The van der Waals surface area contributed by atoms with Gasteiger partial charge in [-0.15, -0.1) is 0 Å². The van der Waals surface area contributed by atoms with Gasteiger partial charge in [-0.05, 0) is 0 Å². The van der Waals surface area contributed by atoms with Crippen molar-refractivity contribution in [3.63, 3.8) is 0 Å². The van der Waals surface area contributed by atoms with E-state index in [4.69, 9.17) is 0 Å². The molecule has 2 heteroatoms. The quantitative estimate of drug-likeness (QED) is 0.279. The maximum absolute atomic E-state index is 2.89. The van der Waals surface area contributed by atoms with Crippen molar-refractivity contribution >= 4 is 0 Å². The molecule has 4 aromatic carbocycles. The van der Waals surface area contributed by atoms with E-state index in [2.05, 4.69) is 6.07 Å². The Morgan fingerprint density at radius 3 is 0.500 bits per heavy atom. The van der Waals surface area contributed by atoms with E-state index in [1.54, 1.807) is 0 Å². The van der Waals surface area contributed by atoms with Gasteiger partial charge in [-0.3, -0.25) is 0 Å². The van der Waals surface area contributed by atoms with Crippen LogP contribution in [-0.4, -0.2) is 0 Å². The third-order valence-electron chi connectivity index (χ3n) is 2.61. The van der Waals surface area contributed by atoms with Gasteiger partial charge in [-0.1, -0.05) is 109 Å². The van der Waals surface area contributed by atoms with Crippen molar-refractivity contribution in [2.45, 2.75) is 0 Å². The van der Waals surface area contributed by atoms with E-state index >= 15 is 0 Å². The van der Waals surface area contributed by atoms with Crippen LogP contribution < -0.4 is 18.9 Å². The summed E-state index contributed by atoms with van der Waals surface area (Å²) in [5.41, 5.74) is 0. The Morgan fingerprint density at radius 1 is 0.269 bits per heavy atom. The summed E-state index contributed by atoms with van der Waals surface area (Å²) >= 11 is 0. The molecule has 0 aromatic heterocycles. The van der Waals surface area contributed by atoms with Crippen molar-refractivity contribution < 1.29 is 60.2 Å². The molecule has 0 spiro atoms. The van der Waals surface area contributed by atoms with Crippen LogP contribution in [0.4, 0.5) is 0 Å². The standard InChI is InChI=1S/3C6H6.C6H5.Li.Pr/c4*1-2-4-6-5-3-1;;/h3*1-6H;1-5H;;/q;;;-1;+1;. The summed E-state index contributed by atoms with van der Waals surface area (Å²) in [6.45, 7) is 0. The van der Waals surface area contributed by atoms with Crippen molar-refractivity contribution in [1.29, 1.82) is 0 Å². The van der Waals surface area contributed by atoms with E-state index in [0.29, 0.717) is 0 Å². The SMILES string of the molecule is [Li+].[Pr].[c-]1ccccc1.c1ccccc1.c1ccccc1.c1ccccc1. The third kappa shape index (κ3) is 20.9. The molecule has 0 bridgehead atoms.